The Labute approximate surface area is 123 Å². The van der Waals surface area contributed by atoms with Gasteiger partial charge in [-0.1, -0.05) is 22.8 Å². The fraction of sp³-hybridized carbons (Fsp3) is 0.0769. The second kappa shape index (κ2) is 5.22. The Morgan fingerprint density at radius 2 is 2.20 bits per heavy atom. The highest BCUT2D eigenvalue weighted by atomic mass is 35.5. The van der Waals surface area contributed by atoms with Gasteiger partial charge in [-0.3, -0.25) is 0 Å². The molecule has 0 aliphatic rings. The first-order valence-electron chi connectivity index (χ1n) is 5.74. The van der Waals surface area contributed by atoms with Crippen LogP contribution in [-0.4, -0.2) is 10.1 Å². The number of thiophene rings is 1. The molecule has 0 aliphatic heterocycles. The third kappa shape index (κ3) is 2.39. The molecule has 2 heterocycles. The number of halogens is 2. The molecule has 0 fully saturated rings. The molecule has 2 N–H and O–H groups in total. The molecular weight excluding hydrogens is 301 g/mol. The van der Waals surface area contributed by atoms with Crippen molar-refractivity contribution in [1.82, 2.24) is 10.1 Å². The molecule has 0 unspecified atom stereocenters. The van der Waals surface area contributed by atoms with Crippen LogP contribution in [0, 0.1) is 5.82 Å². The van der Waals surface area contributed by atoms with Gasteiger partial charge < -0.3 is 10.3 Å². The van der Waals surface area contributed by atoms with Crippen LogP contribution in [0.4, 0.5) is 10.1 Å². The van der Waals surface area contributed by atoms with Crippen molar-refractivity contribution in [2.45, 2.75) is 6.42 Å². The van der Waals surface area contributed by atoms with E-state index >= 15 is 0 Å². The van der Waals surface area contributed by atoms with Crippen LogP contribution in [0.5, 0.6) is 0 Å². The SMILES string of the molecule is Nc1ccsc1-c1nc(Cc2c(F)cccc2Cl)no1. The third-order valence-electron chi connectivity index (χ3n) is 2.75. The van der Waals surface area contributed by atoms with Crippen molar-refractivity contribution in [2.24, 2.45) is 0 Å². The van der Waals surface area contributed by atoms with Crippen LogP contribution in [0.3, 0.4) is 0 Å². The van der Waals surface area contributed by atoms with Crippen LogP contribution in [0.25, 0.3) is 10.8 Å². The molecule has 4 nitrogen and oxygen atoms in total. The highest BCUT2D eigenvalue weighted by Crippen LogP contribution is 2.30. The standard InChI is InChI=1S/C13H9ClFN3OS/c14-8-2-1-3-9(15)7(8)6-11-17-13(19-18-11)12-10(16)4-5-20-12/h1-5H,6,16H2. The predicted molar refractivity (Wildman–Crippen MR) is 76.2 cm³/mol. The molecule has 7 heteroatoms. The minimum absolute atomic E-state index is 0.167. The van der Waals surface area contributed by atoms with E-state index in [0.29, 0.717) is 32.9 Å². The van der Waals surface area contributed by atoms with Crippen molar-refractivity contribution in [2.75, 3.05) is 5.73 Å². The molecule has 3 aromatic rings. The molecule has 0 amide bonds. The first kappa shape index (κ1) is 13.1. The van der Waals surface area contributed by atoms with Gasteiger partial charge in [-0.25, -0.2) is 4.39 Å². The summed E-state index contributed by atoms with van der Waals surface area (Å²) >= 11 is 7.37. The van der Waals surface area contributed by atoms with Gasteiger partial charge in [0, 0.05) is 17.0 Å². The third-order valence-corrected chi connectivity index (χ3v) is 4.03. The van der Waals surface area contributed by atoms with Gasteiger partial charge in [-0.05, 0) is 23.6 Å². The second-order valence-electron chi connectivity index (χ2n) is 4.10. The summed E-state index contributed by atoms with van der Waals surface area (Å²) in [5.74, 6) is 0.305. The monoisotopic (exact) mass is 309 g/mol. The number of aromatic nitrogens is 2. The normalized spacial score (nSPS) is 10.9. The fourth-order valence-corrected chi connectivity index (χ4v) is 2.74. The quantitative estimate of drug-likeness (QED) is 0.800. The number of nitrogens with zero attached hydrogens (tertiary/aromatic N) is 2. The van der Waals surface area contributed by atoms with E-state index in [1.54, 1.807) is 18.2 Å². The van der Waals surface area contributed by atoms with Gasteiger partial charge >= 0.3 is 0 Å². The highest BCUT2D eigenvalue weighted by molar-refractivity contribution is 7.14. The highest BCUT2D eigenvalue weighted by Gasteiger charge is 2.15. The van der Waals surface area contributed by atoms with Crippen LogP contribution in [-0.2, 0) is 6.42 Å². The molecule has 3 rings (SSSR count). The fourth-order valence-electron chi connectivity index (χ4n) is 1.77. The van der Waals surface area contributed by atoms with E-state index in [0.717, 1.165) is 0 Å². The summed E-state index contributed by atoms with van der Waals surface area (Å²) in [6.07, 6.45) is 0.167. The Bertz CT molecular complexity index is 735. The number of benzene rings is 1. The van der Waals surface area contributed by atoms with E-state index in [2.05, 4.69) is 10.1 Å². The van der Waals surface area contributed by atoms with E-state index in [1.807, 2.05) is 5.38 Å². The zero-order chi connectivity index (χ0) is 14.1. The Kier molecular flexibility index (Phi) is 3.42. The van der Waals surface area contributed by atoms with Gasteiger partial charge in [-0.2, -0.15) is 4.98 Å². The number of nitrogens with two attached hydrogens (primary N) is 1. The summed E-state index contributed by atoms with van der Waals surface area (Å²) in [5, 5.41) is 6.01. The predicted octanol–water partition coefficient (Wildman–Crippen LogP) is 3.76. The second-order valence-corrected chi connectivity index (χ2v) is 5.42. The molecule has 0 atom stereocenters. The zero-order valence-corrected chi connectivity index (χ0v) is 11.7. The molecule has 0 spiro atoms. The van der Waals surface area contributed by atoms with E-state index in [4.69, 9.17) is 21.9 Å². The number of hydrogen-bond acceptors (Lipinski definition) is 5. The van der Waals surface area contributed by atoms with Gasteiger partial charge in [0.2, 0.25) is 0 Å². The molecule has 0 radical (unpaired) electrons. The van der Waals surface area contributed by atoms with Crippen molar-refractivity contribution in [3.63, 3.8) is 0 Å². The molecule has 0 aliphatic carbocycles. The Morgan fingerprint density at radius 1 is 1.35 bits per heavy atom. The molecule has 2 aromatic heterocycles. The lowest BCUT2D eigenvalue weighted by atomic mass is 10.1. The molecule has 0 bridgehead atoms. The van der Waals surface area contributed by atoms with Gasteiger partial charge in [0.05, 0.1) is 5.69 Å². The summed E-state index contributed by atoms with van der Waals surface area (Å²) in [5.41, 5.74) is 6.71. The van der Waals surface area contributed by atoms with E-state index in [1.165, 1.54) is 17.4 Å². The van der Waals surface area contributed by atoms with Crippen molar-refractivity contribution < 1.29 is 8.91 Å². The van der Waals surface area contributed by atoms with Crippen LogP contribution in [0.15, 0.2) is 34.2 Å². The minimum atomic E-state index is -0.389. The Balaban J connectivity index is 1.90. The van der Waals surface area contributed by atoms with Crippen LogP contribution >= 0.6 is 22.9 Å². The lowest BCUT2D eigenvalue weighted by Gasteiger charge is -2.01. The van der Waals surface area contributed by atoms with Crippen LogP contribution in [0.2, 0.25) is 5.02 Å². The topological polar surface area (TPSA) is 64.9 Å². The van der Waals surface area contributed by atoms with Gasteiger partial charge in [0.15, 0.2) is 5.82 Å². The maximum atomic E-state index is 13.7. The van der Waals surface area contributed by atoms with E-state index < -0.39 is 0 Å². The number of nitrogen functional groups attached to an aromatic ring is 1. The van der Waals surface area contributed by atoms with Gasteiger partial charge in [0.25, 0.3) is 5.89 Å². The smallest absolute Gasteiger partial charge is 0.270 e. The van der Waals surface area contributed by atoms with Crippen molar-refractivity contribution in [3.05, 3.63) is 51.9 Å². The number of rotatable bonds is 3. The lowest BCUT2D eigenvalue weighted by Crippen LogP contribution is -1.96. The average molecular weight is 310 g/mol. The van der Waals surface area contributed by atoms with E-state index in [9.17, 15) is 4.39 Å². The summed E-state index contributed by atoms with van der Waals surface area (Å²) < 4.78 is 18.8. The molecule has 0 saturated heterocycles. The molecule has 1 aromatic carbocycles. The Hall–Kier alpha value is -1.92. The van der Waals surface area contributed by atoms with Crippen LogP contribution in [0.1, 0.15) is 11.4 Å². The van der Waals surface area contributed by atoms with Crippen molar-refractivity contribution >= 4 is 28.6 Å². The molecule has 102 valence electrons. The number of hydrogen-bond donors (Lipinski definition) is 1. The summed E-state index contributed by atoms with van der Waals surface area (Å²) in [7, 11) is 0. The van der Waals surface area contributed by atoms with Gasteiger partial charge in [0.1, 0.15) is 10.7 Å². The minimum Gasteiger partial charge on any atom is -0.397 e. The molecule has 20 heavy (non-hydrogen) atoms. The summed E-state index contributed by atoms with van der Waals surface area (Å²) in [4.78, 5) is 4.93. The number of anilines is 1. The largest absolute Gasteiger partial charge is 0.397 e. The zero-order valence-electron chi connectivity index (χ0n) is 10.1. The molecule has 0 saturated carbocycles. The first-order valence-corrected chi connectivity index (χ1v) is 6.99. The average Bonchev–Trinajstić information content (AvgIpc) is 3.02. The van der Waals surface area contributed by atoms with Gasteiger partial charge in [-0.15, -0.1) is 11.3 Å². The summed E-state index contributed by atoms with van der Waals surface area (Å²) in [6, 6.07) is 6.28. The maximum Gasteiger partial charge on any atom is 0.270 e. The maximum absolute atomic E-state index is 13.7. The van der Waals surface area contributed by atoms with Crippen molar-refractivity contribution in [3.8, 4) is 10.8 Å². The van der Waals surface area contributed by atoms with Crippen LogP contribution < -0.4 is 5.73 Å². The lowest BCUT2D eigenvalue weighted by molar-refractivity contribution is 0.424. The molecular formula is C13H9ClFN3OS. The summed E-state index contributed by atoms with van der Waals surface area (Å²) in [6.45, 7) is 0. The Morgan fingerprint density at radius 3 is 2.90 bits per heavy atom. The van der Waals surface area contributed by atoms with Crippen molar-refractivity contribution in [1.29, 1.82) is 0 Å². The first-order chi connectivity index (χ1) is 9.65. The van der Waals surface area contributed by atoms with E-state index in [-0.39, 0.29) is 12.2 Å².